The zero-order valence-electron chi connectivity index (χ0n) is 15.0. The molecule has 1 aromatic heterocycles. The lowest BCUT2D eigenvalue weighted by Crippen LogP contribution is -2.37. The van der Waals surface area contributed by atoms with Crippen molar-refractivity contribution in [3.63, 3.8) is 0 Å². The predicted octanol–water partition coefficient (Wildman–Crippen LogP) is 6.39. The number of nitrogens with zero attached hydrogens (tertiary/aromatic N) is 2. The molecule has 1 aliphatic rings. The Hall–Kier alpha value is -1.37. The molecule has 1 amide bonds. The van der Waals surface area contributed by atoms with E-state index in [0.717, 1.165) is 28.6 Å². The fraction of sp³-hybridized carbons (Fsp3) is 0.300. The number of rotatable bonds is 4. The third-order valence-electron chi connectivity index (χ3n) is 4.69. The summed E-state index contributed by atoms with van der Waals surface area (Å²) in [4.78, 5) is 19.8. The van der Waals surface area contributed by atoms with Gasteiger partial charge in [0.1, 0.15) is 0 Å². The number of anilines is 1. The highest BCUT2D eigenvalue weighted by Gasteiger charge is 2.28. The molecule has 3 aromatic rings. The first-order chi connectivity index (χ1) is 13.4. The van der Waals surface area contributed by atoms with E-state index in [1.54, 1.807) is 23.1 Å². The van der Waals surface area contributed by atoms with Gasteiger partial charge in [0.05, 0.1) is 33.5 Å². The number of thiazole rings is 1. The number of hydrogen-bond acceptors (Lipinski definition) is 4. The topological polar surface area (TPSA) is 42.4 Å². The summed E-state index contributed by atoms with van der Waals surface area (Å²) in [6.45, 7) is 3.09. The van der Waals surface area contributed by atoms with Crippen molar-refractivity contribution in [2.75, 3.05) is 18.1 Å². The summed E-state index contributed by atoms with van der Waals surface area (Å²) in [5.41, 5.74) is 2.20. The summed E-state index contributed by atoms with van der Waals surface area (Å²) < 4.78 is 6.70. The van der Waals surface area contributed by atoms with Gasteiger partial charge in [0.25, 0.3) is 5.91 Å². The van der Waals surface area contributed by atoms with Crippen LogP contribution in [0.15, 0.2) is 30.3 Å². The molecule has 4 rings (SSSR count). The van der Waals surface area contributed by atoms with Gasteiger partial charge in [-0.1, -0.05) is 46.1 Å². The van der Waals surface area contributed by atoms with Gasteiger partial charge in [-0.25, -0.2) is 4.98 Å². The Labute approximate surface area is 182 Å². The van der Waals surface area contributed by atoms with Crippen LogP contribution in [0.25, 0.3) is 10.2 Å². The second kappa shape index (κ2) is 8.17. The fourth-order valence-electron chi connectivity index (χ4n) is 3.31. The van der Waals surface area contributed by atoms with Gasteiger partial charge >= 0.3 is 0 Å². The molecule has 0 saturated carbocycles. The van der Waals surface area contributed by atoms with Crippen molar-refractivity contribution in [2.45, 2.75) is 25.9 Å². The Balaban J connectivity index is 1.76. The van der Waals surface area contributed by atoms with E-state index >= 15 is 0 Å². The molecule has 28 heavy (non-hydrogen) atoms. The van der Waals surface area contributed by atoms with E-state index in [2.05, 4.69) is 0 Å². The van der Waals surface area contributed by atoms with Crippen LogP contribution in [0.3, 0.4) is 0 Å². The number of ether oxygens (including phenoxy) is 1. The van der Waals surface area contributed by atoms with Crippen LogP contribution in [0, 0.1) is 6.92 Å². The Morgan fingerprint density at radius 1 is 1.25 bits per heavy atom. The Morgan fingerprint density at radius 3 is 2.79 bits per heavy atom. The summed E-state index contributed by atoms with van der Waals surface area (Å²) in [6, 6.07) is 8.62. The van der Waals surface area contributed by atoms with E-state index in [9.17, 15) is 4.79 Å². The summed E-state index contributed by atoms with van der Waals surface area (Å²) in [6.07, 6.45) is 1.88. The van der Waals surface area contributed by atoms with Gasteiger partial charge < -0.3 is 4.74 Å². The third kappa shape index (κ3) is 4.00. The van der Waals surface area contributed by atoms with Crippen LogP contribution in [0.1, 0.15) is 28.8 Å². The second-order valence-corrected chi connectivity index (χ2v) is 9.03. The maximum atomic E-state index is 13.4. The molecular weight excluding hydrogens is 439 g/mol. The Morgan fingerprint density at radius 2 is 2.07 bits per heavy atom. The minimum absolute atomic E-state index is 0.0216. The number of carbonyl (C=O) groups excluding carboxylic acids is 1. The average Bonchev–Trinajstić information content (AvgIpc) is 3.28. The van der Waals surface area contributed by atoms with Crippen molar-refractivity contribution in [2.24, 2.45) is 0 Å². The molecule has 4 nitrogen and oxygen atoms in total. The molecule has 1 atom stereocenters. The lowest BCUT2D eigenvalue weighted by atomic mass is 10.1. The summed E-state index contributed by atoms with van der Waals surface area (Å²) >= 11 is 19.9. The highest BCUT2D eigenvalue weighted by Crippen LogP contribution is 2.35. The first-order valence-electron chi connectivity index (χ1n) is 8.87. The van der Waals surface area contributed by atoms with E-state index in [4.69, 9.17) is 44.5 Å². The van der Waals surface area contributed by atoms with Crippen molar-refractivity contribution in [1.29, 1.82) is 0 Å². The van der Waals surface area contributed by atoms with Crippen LogP contribution < -0.4 is 4.90 Å². The molecule has 1 saturated heterocycles. The Kier molecular flexibility index (Phi) is 5.81. The first-order valence-corrected chi connectivity index (χ1v) is 10.8. The van der Waals surface area contributed by atoms with Crippen LogP contribution in [-0.2, 0) is 4.74 Å². The molecule has 2 heterocycles. The van der Waals surface area contributed by atoms with Crippen molar-refractivity contribution >= 4 is 67.4 Å². The Bertz CT molecular complexity index is 1050. The average molecular weight is 456 g/mol. The van der Waals surface area contributed by atoms with Gasteiger partial charge in [-0.3, -0.25) is 9.69 Å². The van der Waals surface area contributed by atoms with Crippen molar-refractivity contribution in [3.8, 4) is 0 Å². The van der Waals surface area contributed by atoms with Gasteiger partial charge in [-0.05, 0) is 55.7 Å². The summed E-state index contributed by atoms with van der Waals surface area (Å²) in [5.74, 6) is -0.222. The number of amides is 1. The van der Waals surface area contributed by atoms with Gasteiger partial charge in [0.2, 0.25) is 0 Å². The number of aromatic nitrogens is 1. The van der Waals surface area contributed by atoms with Crippen LogP contribution >= 0.6 is 46.1 Å². The lowest BCUT2D eigenvalue weighted by Gasteiger charge is -2.23. The molecule has 2 aromatic carbocycles. The minimum Gasteiger partial charge on any atom is -0.376 e. The molecule has 0 N–H and O–H groups in total. The smallest absolute Gasteiger partial charge is 0.261 e. The van der Waals surface area contributed by atoms with Crippen molar-refractivity contribution in [1.82, 2.24) is 4.98 Å². The molecule has 0 bridgehead atoms. The molecule has 0 spiro atoms. The maximum absolute atomic E-state index is 13.4. The summed E-state index contributed by atoms with van der Waals surface area (Å²) in [7, 11) is 0. The lowest BCUT2D eigenvalue weighted by molar-refractivity contribution is 0.0917. The van der Waals surface area contributed by atoms with Crippen molar-refractivity contribution < 1.29 is 9.53 Å². The third-order valence-corrected chi connectivity index (χ3v) is 6.48. The van der Waals surface area contributed by atoms with Crippen LogP contribution in [0.4, 0.5) is 5.13 Å². The van der Waals surface area contributed by atoms with E-state index in [-0.39, 0.29) is 12.0 Å². The largest absolute Gasteiger partial charge is 0.376 e. The quantitative estimate of drug-likeness (QED) is 0.458. The van der Waals surface area contributed by atoms with E-state index in [1.165, 1.54) is 11.3 Å². The number of fused-ring (bicyclic) bond motifs is 1. The number of hydrogen-bond donors (Lipinski definition) is 0. The molecular formula is C20H17Cl3N2O2S. The zero-order chi connectivity index (χ0) is 19.8. The highest BCUT2D eigenvalue weighted by atomic mass is 35.5. The molecule has 146 valence electrons. The number of aryl methyl sites for hydroxylation is 1. The maximum Gasteiger partial charge on any atom is 0.261 e. The molecule has 1 aliphatic heterocycles. The first kappa shape index (κ1) is 19.9. The molecule has 0 aliphatic carbocycles. The van der Waals surface area contributed by atoms with Gasteiger partial charge in [-0.15, -0.1) is 0 Å². The zero-order valence-corrected chi connectivity index (χ0v) is 18.1. The molecule has 8 heteroatoms. The molecule has 0 radical (unpaired) electrons. The normalized spacial score (nSPS) is 16.6. The molecule has 1 unspecified atom stereocenters. The van der Waals surface area contributed by atoms with E-state index < -0.39 is 0 Å². The second-order valence-electron chi connectivity index (χ2n) is 6.74. The number of halogens is 3. The SMILES string of the molecule is Cc1cc(Cl)cc2sc(N(CC3CCCO3)C(=O)c3ccc(Cl)cc3Cl)nc12. The van der Waals surface area contributed by atoms with Crippen LogP contribution in [0.2, 0.25) is 15.1 Å². The van der Waals surface area contributed by atoms with Gasteiger partial charge in [-0.2, -0.15) is 0 Å². The molecule has 1 fully saturated rings. The predicted molar refractivity (Wildman–Crippen MR) is 116 cm³/mol. The van der Waals surface area contributed by atoms with E-state index in [0.29, 0.717) is 38.9 Å². The van der Waals surface area contributed by atoms with Crippen molar-refractivity contribution in [3.05, 3.63) is 56.5 Å². The van der Waals surface area contributed by atoms with Crippen LogP contribution in [0.5, 0.6) is 0 Å². The van der Waals surface area contributed by atoms with Gasteiger partial charge in [0.15, 0.2) is 5.13 Å². The minimum atomic E-state index is -0.222. The standard InChI is InChI=1S/C20H17Cl3N2O2S/c1-11-7-13(22)9-17-18(11)24-20(28-17)25(10-14-3-2-6-27-14)19(26)15-5-4-12(21)8-16(15)23/h4-5,7-9,14H,2-3,6,10H2,1H3. The van der Waals surface area contributed by atoms with Gasteiger partial charge in [0, 0.05) is 16.7 Å². The summed E-state index contributed by atoms with van der Waals surface area (Å²) in [5, 5.41) is 2.05. The monoisotopic (exact) mass is 454 g/mol. The number of carbonyl (C=O) groups is 1. The van der Waals surface area contributed by atoms with Crippen LogP contribution in [-0.4, -0.2) is 30.1 Å². The number of benzene rings is 2. The highest BCUT2D eigenvalue weighted by molar-refractivity contribution is 7.22. The van der Waals surface area contributed by atoms with E-state index in [1.807, 2.05) is 19.1 Å². The fourth-order valence-corrected chi connectivity index (χ4v) is 5.22.